The number of aliphatic hydroxyl groups is 1. The van der Waals surface area contributed by atoms with Crippen LogP contribution in [0.2, 0.25) is 0 Å². The Bertz CT molecular complexity index is 479. The van der Waals surface area contributed by atoms with Crippen LogP contribution < -0.4 is 4.74 Å². The molecule has 2 heterocycles. The number of nitrogens with zero attached hydrogens (tertiary/aromatic N) is 1. The van der Waals surface area contributed by atoms with Crippen LogP contribution in [0, 0.1) is 0 Å². The average molecular weight is 291 g/mol. The molecule has 2 aliphatic rings. The van der Waals surface area contributed by atoms with Gasteiger partial charge < -0.3 is 19.5 Å². The number of ether oxygens (including phenoxy) is 2. The van der Waals surface area contributed by atoms with Gasteiger partial charge in [0, 0.05) is 25.3 Å². The zero-order valence-corrected chi connectivity index (χ0v) is 12.8. The fourth-order valence-corrected chi connectivity index (χ4v) is 3.70. The standard InChI is InChI=1S/C17H25NO3/c1-20-11-12-21-16-7-3-2-6-15(16)17(19)8-10-18-9-4-5-14(18)13-17/h2-3,6-7,14,19H,4-5,8-13H2,1H3. The Kier molecular flexibility index (Phi) is 4.48. The van der Waals surface area contributed by atoms with Crippen molar-refractivity contribution in [1.82, 2.24) is 4.90 Å². The summed E-state index contributed by atoms with van der Waals surface area (Å²) in [6, 6.07) is 8.42. The van der Waals surface area contributed by atoms with Gasteiger partial charge in [-0.2, -0.15) is 0 Å². The van der Waals surface area contributed by atoms with Crippen LogP contribution in [-0.4, -0.2) is 49.5 Å². The van der Waals surface area contributed by atoms with E-state index >= 15 is 0 Å². The number of hydrogen-bond acceptors (Lipinski definition) is 4. The summed E-state index contributed by atoms with van der Waals surface area (Å²) >= 11 is 0. The van der Waals surface area contributed by atoms with Gasteiger partial charge in [0.25, 0.3) is 0 Å². The summed E-state index contributed by atoms with van der Waals surface area (Å²) < 4.78 is 10.8. The minimum absolute atomic E-state index is 0.513. The number of benzene rings is 1. The number of rotatable bonds is 5. The highest BCUT2D eigenvalue weighted by molar-refractivity contribution is 5.38. The van der Waals surface area contributed by atoms with Crippen LogP contribution in [0.5, 0.6) is 5.75 Å². The molecule has 1 aromatic carbocycles. The molecule has 2 fully saturated rings. The number of fused-ring (bicyclic) bond motifs is 1. The lowest BCUT2D eigenvalue weighted by molar-refractivity contribution is -0.0427. The van der Waals surface area contributed by atoms with Crippen LogP contribution in [-0.2, 0) is 10.3 Å². The lowest BCUT2D eigenvalue weighted by atomic mass is 9.80. The maximum absolute atomic E-state index is 11.2. The first kappa shape index (κ1) is 14.8. The molecule has 0 aliphatic carbocycles. The molecule has 2 unspecified atom stereocenters. The number of hydrogen-bond donors (Lipinski definition) is 1. The molecule has 0 bridgehead atoms. The fourth-order valence-electron chi connectivity index (χ4n) is 3.70. The third kappa shape index (κ3) is 3.07. The van der Waals surface area contributed by atoms with Gasteiger partial charge in [-0.25, -0.2) is 0 Å². The second-order valence-corrected chi connectivity index (χ2v) is 6.16. The average Bonchev–Trinajstić information content (AvgIpc) is 2.95. The van der Waals surface area contributed by atoms with Gasteiger partial charge in [-0.15, -0.1) is 0 Å². The first-order valence-corrected chi connectivity index (χ1v) is 7.90. The summed E-state index contributed by atoms with van der Waals surface area (Å²) in [6.07, 6.45) is 4.06. The third-order valence-corrected chi connectivity index (χ3v) is 4.82. The monoisotopic (exact) mass is 291 g/mol. The maximum Gasteiger partial charge on any atom is 0.125 e. The van der Waals surface area contributed by atoms with Crippen molar-refractivity contribution >= 4 is 0 Å². The molecule has 1 N–H and O–H groups in total. The lowest BCUT2D eigenvalue weighted by Crippen LogP contribution is -2.46. The fraction of sp³-hybridized carbons (Fsp3) is 0.647. The Balaban J connectivity index is 1.78. The van der Waals surface area contributed by atoms with E-state index in [0.29, 0.717) is 19.3 Å². The van der Waals surface area contributed by atoms with Crippen molar-refractivity contribution in [3.63, 3.8) is 0 Å². The molecular formula is C17H25NO3. The van der Waals surface area contributed by atoms with Gasteiger partial charge in [-0.1, -0.05) is 18.2 Å². The van der Waals surface area contributed by atoms with Crippen LogP contribution in [0.4, 0.5) is 0 Å². The van der Waals surface area contributed by atoms with Gasteiger partial charge in [0.2, 0.25) is 0 Å². The van der Waals surface area contributed by atoms with E-state index in [4.69, 9.17) is 9.47 Å². The molecule has 2 atom stereocenters. The van der Waals surface area contributed by atoms with E-state index in [2.05, 4.69) is 4.90 Å². The van der Waals surface area contributed by atoms with Crippen molar-refractivity contribution in [2.24, 2.45) is 0 Å². The van der Waals surface area contributed by atoms with Crippen molar-refractivity contribution in [3.8, 4) is 5.75 Å². The zero-order valence-electron chi connectivity index (χ0n) is 12.8. The molecule has 21 heavy (non-hydrogen) atoms. The van der Waals surface area contributed by atoms with Crippen molar-refractivity contribution in [2.45, 2.75) is 37.3 Å². The number of para-hydroxylation sites is 1. The quantitative estimate of drug-likeness (QED) is 0.844. The van der Waals surface area contributed by atoms with Gasteiger partial charge >= 0.3 is 0 Å². The van der Waals surface area contributed by atoms with Gasteiger partial charge in [0.1, 0.15) is 12.4 Å². The molecule has 0 radical (unpaired) electrons. The van der Waals surface area contributed by atoms with Crippen LogP contribution in [0.3, 0.4) is 0 Å². The Morgan fingerprint density at radius 2 is 2.14 bits per heavy atom. The third-order valence-electron chi connectivity index (χ3n) is 4.82. The second-order valence-electron chi connectivity index (χ2n) is 6.16. The Morgan fingerprint density at radius 1 is 1.29 bits per heavy atom. The van der Waals surface area contributed by atoms with E-state index in [-0.39, 0.29) is 0 Å². The van der Waals surface area contributed by atoms with Crippen molar-refractivity contribution in [3.05, 3.63) is 29.8 Å². The predicted molar refractivity (Wildman–Crippen MR) is 81.5 cm³/mol. The Morgan fingerprint density at radius 3 is 3.00 bits per heavy atom. The topological polar surface area (TPSA) is 41.9 Å². The predicted octanol–water partition coefficient (Wildman–Crippen LogP) is 2.16. The van der Waals surface area contributed by atoms with Crippen molar-refractivity contribution in [1.29, 1.82) is 0 Å². The molecule has 0 saturated carbocycles. The molecule has 116 valence electrons. The second kappa shape index (κ2) is 6.34. The molecule has 0 spiro atoms. The smallest absolute Gasteiger partial charge is 0.125 e. The largest absolute Gasteiger partial charge is 0.491 e. The van der Waals surface area contributed by atoms with E-state index < -0.39 is 5.60 Å². The summed E-state index contributed by atoms with van der Waals surface area (Å²) in [5, 5.41) is 11.2. The van der Waals surface area contributed by atoms with Crippen LogP contribution in [0.15, 0.2) is 24.3 Å². The van der Waals surface area contributed by atoms with Crippen LogP contribution >= 0.6 is 0 Å². The molecule has 4 nitrogen and oxygen atoms in total. The first-order valence-electron chi connectivity index (χ1n) is 7.90. The highest BCUT2D eigenvalue weighted by Gasteiger charge is 2.42. The minimum Gasteiger partial charge on any atom is -0.491 e. The van der Waals surface area contributed by atoms with E-state index in [1.165, 1.54) is 19.4 Å². The van der Waals surface area contributed by atoms with Crippen molar-refractivity contribution < 1.29 is 14.6 Å². The van der Waals surface area contributed by atoms with Crippen LogP contribution in [0.25, 0.3) is 0 Å². The van der Waals surface area contributed by atoms with Crippen molar-refractivity contribution in [2.75, 3.05) is 33.4 Å². The summed E-state index contributed by atoms with van der Waals surface area (Å²) in [5.41, 5.74) is 0.183. The number of piperidine rings is 1. The molecule has 2 saturated heterocycles. The SMILES string of the molecule is COCCOc1ccccc1C1(O)CCN2CCCC2C1. The first-order chi connectivity index (χ1) is 10.2. The van der Waals surface area contributed by atoms with E-state index in [0.717, 1.165) is 30.7 Å². The molecule has 4 heteroatoms. The maximum atomic E-state index is 11.2. The summed E-state index contributed by atoms with van der Waals surface area (Å²) in [5.74, 6) is 0.795. The number of methoxy groups -OCH3 is 1. The Hall–Kier alpha value is -1.10. The molecular weight excluding hydrogens is 266 g/mol. The van der Waals surface area contributed by atoms with E-state index in [1.54, 1.807) is 7.11 Å². The highest BCUT2D eigenvalue weighted by atomic mass is 16.5. The van der Waals surface area contributed by atoms with Gasteiger partial charge in [-0.3, -0.25) is 0 Å². The lowest BCUT2D eigenvalue weighted by Gasteiger charge is -2.41. The molecule has 0 amide bonds. The summed E-state index contributed by atoms with van der Waals surface area (Å²) in [4.78, 5) is 2.52. The Labute approximate surface area is 126 Å². The molecule has 2 aliphatic heterocycles. The summed E-state index contributed by atoms with van der Waals surface area (Å²) in [6.45, 7) is 3.24. The minimum atomic E-state index is -0.755. The molecule has 3 rings (SSSR count). The van der Waals surface area contributed by atoms with Gasteiger partial charge in [0.15, 0.2) is 0 Å². The van der Waals surface area contributed by atoms with E-state index in [9.17, 15) is 5.11 Å². The van der Waals surface area contributed by atoms with Gasteiger partial charge in [-0.05, 0) is 38.3 Å². The summed E-state index contributed by atoms with van der Waals surface area (Å²) in [7, 11) is 1.67. The zero-order chi connectivity index (χ0) is 14.7. The molecule has 1 aromatic rings. The molecule has 0 aromatic heterocycles. The normalized spacial score (nSPS) is 29.3. The highest BCUT2D eigenvalue weighted by Crippen LogP contribution is 2.42. The van der Waals surface area contributed by atoms with Gasteiger partial charge in [0.05, 0.1) is 12.2 Å². The van der Waals surface area contributed by atoms with Crippen LogP contribution in [0.1, 0.15) is 31.2 Å². The van der Waals surface area contributed by atoms with E-state index in [1.807, 2.05) is 24.3 Å².